The predicted octanol–water partition coefficient (Wildman–Crippen LogP) is 2.87. The number of hydrogen-bond donors (Lipinski definition) is 1. The van der Waals surface area contributed by atoms with Gasteiger partial charge in [0.15, 0.2) is 0 Å². The van der Waals surface area contributed by atoms with E-state index in [9.17, 15) is 0 Å². The molecule has 1 N–H and O–H groups in total. The maximum Gasteiger partial charge on any atom is 0.218 e. The summed E-state index contributed by atoms with van der Waals surface area (Å²) in [7, 11) is 0. The Bertz CT molecular complexity index is 337. The van der Waals surface area contributed by atoms with Crippen molar-refractivity contribution in [3.05, 3.63) is 12.4 Å². The van der Waals surface area contributed by atoms with E-state index in [2.05, 4.69) is 15.3 Å². The topological polar surface area (TPSA) is 47.0 Å². The standard InChI is InChI=1S/C13H21N3O/c1-2-17-13-8-12(15-10-16-13)14-9-11-6-4-3-5-7-11/h8,10-11H,2-7,9H2,1H3,(H,14,15,16). The van der Waals surface area contributed by atoms with Gasteiger partial charge in [0, 0.05) is 12.6 Å². The molecule has 0 spiro atoms. The van der Waals surface area contributed by atoms with Gasteiger partial charge in [0.1, 0.15) is 12.1 Å². The fraction of sp³-hybridized carbons (Fsp3) is 0.692. The highest BCUT2D eigenvalue weighted by atomic mass is 16.5. The normalized spacial score (nSPS) is 16.8. The molecule has 4 nitrogen and oxygen atoms in total. The lowest BCUT2D eigenvalue weighted by Gasteiger charge is -2.21. The van der Waals surface area contributed by atoms with Crippen molar-refractivity contribution < 1.29 is 4.74 Å². The number of rotatable bonds is 5. The summed E-state index contributed by atoms with van der Waals surface area (Å²) in [4.78, 5) is 8.25. The molecule has 17 heavy (non-hydrogen) atoms. The van der Waals surface area contributed by atoms with Gasteiger partial charge in [0.05, 0.1) is 6.61 Å². The largest absolute Gasteiger partial charge is 0.478 e. The molecule has 1 aromatic heterocycles. The molecule has 1 saturated carbocycles. The lowest BCUT2D eigenvalue weighted by atomic mass is 9.89. The molecule has 0 bridgehead atoms. The van der Waals surface area contributed by atoms with Crippen molar-refractivity contribution in [2.24, 2.45) is 5.92 Å². The third-order valence-corrected chi connectivity index (χ3v) is 3.23. The van der Waals surface area contributed by atoms with Gasteiger partial charge in [-0.25, -0.2) is 9.97 Å². The Balaban J connectivity index is 1.83. The second-order valence-electron chi connectivity index (χ2n) is 4.56. The van der Waals surface area contributed by atoms with E-state index >= 15 is 0 Å². The van der Waals surface area contributed by atoms with Gasteiger partial charge in [0.25, 0.3) is 0 Å². The first-order chi connectivity index (χ1) is 8.38. The zero-order chi connectivity index (χ0) is 11.9. The first-order valence-corrected chi connectivity index (χ1v) is 6.57. The number of aromatic nitrogens is 2. The monoisotopic (exact) mass is 235 g/mol. The van der Waals surface area contributed by atoms with Crippen LogP contribution in [0.2, 0.25) is 0 Å². The molecule has 94 valence electrons. The SMILES string of the molecule is CCOc1cc(NCC2CCCCC2)ncn1. The third kappa shape index (κ3) is 3.88. The molecule has 0 unspecified atom stereocenters. The minimum Gasteiger partial charge on any atom is -0.478 e. The Labute approximate surface area is 103 Å². The Morgan fingerprint density at radius 1 is 1.29 bits per heavy atom. The molecule has 1 fully saturated rings. The van der Waals surface area contributed by atoms with Crippen molar-refractivity contribution in [2.45, 2.75) is 39.0 Å². The summed E-state index contributed by atoms with van der Waals surface area (Å²) in [6, 6.07) is 1.87. The molecule has 0 aliphatic heterocycles. The lowest BCUT2D eigenvalue weighted by Crippen LogP contribution is -2.17. The van der Waals surface area contributed by atoms with Gasteiger partial charge in [-0.15, -0.1) is 0 Å². The van der Waals surface area contributed by atoms with Gasteiger partial charge in [-0.2, -0.15) is 0 Å². The fourth-order valence-corrected chi connectivity index (χ4v) is 2.30. The molecule has 2 rings (SSSR count). The molecule has 0 saturated heterocycles. The summed E-state index contributed by atoms with van der Waals surface area (Å²) in [5.41, 5.74) is 0. The minimum absolute atomic E-state index is 0.638. The van der Waals surface area contributed by atoms with E-state index in [-0.39, 0.29) is 0 Å². The number of hydrogen-bond acceptors (Lipinski definition) is 4. The van der Waals surface area contributed by atoms with Crippen LogP contribution >= 0.6 is 0 Å². The van der Waals surface area contributed by atoms with Crippen molar-refractivity contribution in [1.82, 2.24) is 9.97 Å². The second kappa shape index (κ2) is 6.42. The van der Waals surface area contributed by atoms with Gasteiger partial charge in [0.2, 0.25) is 5.88 Å². The molecule has 0 atom stereocenters. The zero-order valence-corrected chi connectivity index (χ0v) is 10.5. The average Bonchev–Trinajstić information content (AvgIpc) is 2.39. The van der Waals surface area contributed by atoms with Gasteiger partial charge in [-0.1, -0.05) is 19.3 Å². The average molecular weight is 235 g/mol. The molecule has 1 aliphatic carbocycles. The van der Waals surface area contributed by atoms with Crippen LogP contribution in [0.3, 0.4) is 0 Å². The van der Waals surface area contributed by atoms with Crippen molar-refractivity contribution in [3.8, 4) is 5.88 Å². The number of nitrogens with zero attached hydrogens (tertiary/aromatic N) is 2. The summed E-state index contributed by atoms with van der Waals surface area (Å²) < 4.78 is 5.35. The Kier molecular flexibility index (Phi) is 4.59. The van der Waals surface area contributed by atoms with E-state index in [1.807, 2.05) is 13.0 Å². The number of ether oxygens (including phenoxy) is 1. The van der Waals surface area contributed by atoms with Crippen LogP contribution < -0.4 is 10.1 Å². The summed E-state index contributed by atoms with van der Waals surface area (Å²) in [5, 5.41) is 3.38. The van der Waals surface area contributed by atoms with Crippen molar-refractivity contribution in [3.63, 3.8) is 0 Å². The summed E-state index contributed by atoms with van der Waals surface area (Å²) in [5.74, 6) is 2.32. The van der Waals surface area contributed by atoms with Crippen molar-refractivity contribution in [1.29, 1.82) is 0 Å². The molecular weight excluding hydrogens is 214 g/mol. The summed E-state index contributed by atoms with van der Waals surface area (Å²) in [6.07, 6.45) is 8.39. The Morgan fingerprint density at radius 3 is 2.88 bits per heavy atom. The number of anilines is 1. The van der Waals surface area contributed by atoms with Gasteiger partial charge < -0.3 is 10.1 Å². The highest BCUT2D eigenvalue weighted by Gasteiger charge is 2.13. The molecule has 0 amide bonds. The van der Waals surface area contributed by atoms with E-state index < -0.39 is 0 Å². The van der Waals surface area contributed by atoms with E-state index in [0.717, 1.165) is 18.3 Å². The quantitative estimate of drug-likeness (QED) is 0.852. The maximum atomic E-state index is 5.35. The Hall–Kier alpha value is -1.32. The molecule has 4 heteroatoms. The van der Waals surface area contributed by atoms with E-state index in [1.54, 1.807) is 6.33 Å². The molecular formula is C13H21N3O. The lowest BCUT2D eigenvalue weighted by molar-refractivity contribution is 0.326. The highest BCUT2D eigenvalue weighted by molar-refractivity contribution is 5.36. The van der Waals surface area contributed by atoms with Crippen LogP contribution in [0, 0.1) is 5.92 Å². The van der Waals surface area contributed by atoms with E-state index in [1.165, 1.54) is 32.1 Å². The highest BCUT2D eigenvalue weighted by Crippen LogP contribution is 2.23. The maximum absolute atomic E-state index is 5.35. The summed E-state index contributed by atoms with van der Waals surface area (Å²) >= 11 is 0. The third-order valence-electron chi connectivity index (χ3n) is 3.23. The number of nitrogens with one attached hydrogen (secondary N) is 1. The van der Waals surface area contributed by atoms with Crippen LogP contribution in [0.5, 0.6) is 5.88 Å². The minimum atomic E-state index is 0.638. The first-order valence-electron chi connectivity index (χ1n) is 6.57. The molecule has 0 radical (unpaired) electrons. The summed E-state index contributed by atoms with van der Waals surface area (Å²) in [6.45, 7) is 3.61. The van der Waals surface area contributed by atoms with Crippen molar-refractivity contribution in [2.75, 3.05) is 18.5 Å². The van der Waals surface area contributed by atoms with Crippen LogP contribution in [0.4, 0.5) is 5.82 Å². The molecule has 1 aliphatic rings. The fourth-order valence-electron chi connectivity index (χ4n) is 2.30. The van der Waals surface area contributed by atoms with E-state index in [4.69, 9.17) is 4.74 Å². The van der Waals surface area contributed by atoms with Crippen LogP contribution in [-0.4, -0.2) is 23.1 Å². The molecule has 1 heterocycles. The Morgan fingerprint density at radius 2 is 2.12 bits per heavy atom. The van der Waals surface area contributed by atoms with Gasteiger partial charge >= 0.3 is 0 Å². The van der Waals surface area contributed by atoms with Crippen LogP contribution in [0.25, 0.3) is 0 Å². The van der Waals surface area contributed by atoms with Crippen molar-refractivity contribution >= 4 is 5.82 Å². The first kappa shape index (κ1) is 12.1. The van der Waals surface area contributed by atoms with E-state index in [0.29, 0.717) is 12.5 Å². The smallest absolute Gasteiger partial charge is 0.218 e. The van der Waals surface area contributed by atoms with Gasteiger partial charge in [-0.3, -0.25) is 0 Å². The second-order valence-corrected chi connectivity index (χ2v) is 4.56. The van der Waals surface area contributed by atoms with Crippen LogP contribution in [0.1, 0.15) is 39.0 Å². The van der Waals surface area contributed by atoms with Crippen LogP contribution in [-0.2, 0) is 0 Å². The van der Waals surface area contributed by atoms with Gasteiger partial charge in [-0.05, 0) is 25.7 Å². The zero-order valence-electron chi connectivity index (χ0n) is 10.5. The molecule has 0 aromatic carbocycles. The predicted molar refractivity (Wildman–Crippen MR) is 68.3 cm³/mol. The molecule has 1 aromatic rings. The van der Waals surface area contributed by atoms with Crippen LogP contribution in [0.15, 0.2) is 12.4 Å².